The maximum absolute atomic E-state index is 12.4. The number of aliphatic imine (C=N–C) groups is 1. The zero-order chi connectivity index (χ0) is 22.5. The number of furan rings is 1. The third-order valence-electron chi connectivity index (χ3n) is 4.50. The van der Waals surface area contributed by atoms with Gasteiger partial charge in [0, 0.05) is 22.4 Å². The number of nitrogens with zero attached hydrogens (tertiary/aromatic N) is 1. The highest BCUT2D eigenvalue weighted by atomic mass is 35.5. The molecule has 8 heteroatoms. The Morgan fingerprint density at radius 3 is 2.69 bits per heavy atom. The molecule has 1 aliphatic rings. The summed E-state index contributed by atoms with van der Waals surface area (Å²) in [4.78, 5) is 28.6. The smallest absolute Gasteiger partial charge is 0.338 e. The molecule has 1 aliphatic heterocycles. The van der Waals surface area contributed by atoms with E-state index in [0.717, 1.165) is 22.9 Å². The molecule has 0 bridgehead atoms. The summed E-state index contributed by atoms with van der Waals surface area (Å²) in [6, 6.07) is 18.2. The van der Waals surface area contributed by atoms with E-state index < -0.39 is 0 Å². The topological polar surface area (TPSA) is 68.9 Å². The zero-order valence-electron chi connectivity index (χ0n) is 17.0. The molecule has 4 rings (SSSR count). The number of benzene rings is 2. The lowest BCUT2D eigenvalue weighted by atomic mass is 10.1. The Labute approximate surface area is 198 Å². The molecule has 0 atom stereocenters. The summed E-state index contributed by atoms with van der Waals surface area (Å²) in [7, 11) is 0. The molecule has 0 saturated heterocycles. The number of esters is 1. The van der Waals surface area contributed by atoms with Crippen LogP contribution in [0, 0.1) is 0 Å². The van der Waals surface area contributed by atoms with Crippen LogP contribution in [0.5, 0.6) is 0 Å². The van der Waals surface area contributed by atoms with Crippen LogP contribution in [0.2, 0.25) is 5.02 Å². The molecule has 162 valence electrons. The van der Waals surface area contributed by atoms with E-state index in [9.17, 15) is 9.59 Å². The van der Waals surface area contributed by atoms with Crippen LogP contribution in [-0.4, -0.2) is 22.1 Å². The van der Waals surface area contributed by atoms with E-state index in [4.69, 9.17) is 20.8 Å². The summed E-state index contributed by atoms with van der Waals surface area (Å²) in [5.74, 6) is 1.43. The lowest BCUT2D eigenvalue weighted by Crippen LogP contribution is -2.03. The summed E-state index contributed by atoms with van der Waals surface area (Å²) < 4.78 is 11.5. The van der Waals surface area contributed by atoms with Crippen molar-refractivity contribution in [1.29, 1.82) is 0 Å². The standard InChI is InChI=1S/C24H18ClNO4S2/c1-2-29-22(27)16-9-7-15(8-10-16)21-12-11-18(30-21)13-20-23(28)32-24(26-20)31-14-17-5-3-4-6-19(17)25/h3-13H,2,14H2,1H3/b20-13+. The molecule has 3 aromatic rings. The van der Waals surface area contributed by atoms with Gasteiger partial charge >= 0.3 is 5.97 Å². The predicted octanol–water partition coefficient (Wildman–Crippen LogP) is 6.68. The Bertz CT molecular complexity index is 1210. The van der Waals surface area contributed by atoms with Gasteiger partial charge in [-0.3, -0.25) is 4.79 Å². The van der Waals surface area contributed by atoms with E-state index >= 15 is 0 Å². The maximum atomic E-state index is 12.4. The molecule has 0 amide bonds. The third kappa shape index (κ3) is 5.35. The number of hydrogen-bond donors (Lipinski definition) is 0. The molecular weight excluding hydrogens is 466 g/mol. The molecule has 0 spiro atoms. The molecule has 0 unspecified atom stereocenters. The Balaban J connectivity index is 1.44. The monoisotopic (exact) mass is 483 g/mol. The van der Waals surface area contributed by atoms with Gasteiger partial charge in [-0.25, -0.2) is 9.79 Å². The molecule has 2 heterocycles. The molecule has 0 radical (unpaired) electrons. The van der Waals surface area contributed by atoms with Gasteiger partial charge in [0.1, 0.15) is 21.6 Å². The lowest BCUT2D eigenvalue weighted by molar-refractivity contribution is -0.107. The summed E-state index contributed by atoms with van der Waals surface area (Å²) in [6.45, 7) is 2.10. The van der Waals surface area contributed by atoms with Gasteiger partial charge in [0.2, 0.25) is 5.12 Å². The quantitative estimate of drug-likeness (QED) is 0.287. The average molecular weight is 484 g/mol. The van der Waals surface area contributed by atoms with E-state index in [0.29, 0.717) is 44.5 Å². The van der Waals surface area contributed by atoms with Crippen molar-refractivity contribution in [2.75, 3.05) is 6.61 Å². The molecule has 32 heavy (non-hydrogen) atoms. The second-order valence-corrected chi connectivity index (χ2v) is 9.27. The Morgan fingerprint density at radius 2 is 1.94 bits per heavy atom. The van der Waals surface area contributed by atoms with Gasteiger partial charge in [-0.15, -0.1) is 0 Å². The SMILES string of the molecule is CCOC(=O)c1ccc(-c2ccc(/C=C3/N=C(SCc4ccccc4Cl)SC3=O)o2)cc1. The van der Waals surface area contributed by atoms with Crippen molar-refractivity contribution in [3.63, 3.8) is 0 Å². The van der Waals surface area contributed by atoms with Crippen LogP contribution in [0.4, 0.5) is 0 Å². The minimum Gasteiger partial charge on any atom is -0.462 e. The molecule has 5 nitrogen and oxygen atoms in total. The molecular formula is C24H18ClNO4S2. The summed E-state index contributed by atoms with van der Waals surface area (Å²) in [6.07, 6.45) is 1.63. The zero-order valence-corrected chi connectivity index (χ0v) is 19.4. The highest BCUT2D eigenvalue weighted by molar-refractivity contribution is 8.45. The molecule has 0 aliphatic carbocycles. The number of ether oxygens (including phenoxy) is 1. The first-order valence-corrected chi connectivity index (χ1v) is 12.0. The molecule has 2 aromatic carbocycles. The summed E-state index contributed by atoms with van der Waals surface area (Å²) >= 11 is 8.78. The van der Waals surface area contributed by atoms with Crippen molar-refractivity contribution in [2.24, 2.45) is 4.99 Å². The van der Waals surface area contributed by atoms with Gasteiger partial charge in [0.25, 0.3) is 0 Å². The summed E-state index contributed by atoms with van der Waals surface area (Å²) in [5, 5.41) is 0.576. The van der Waals surface area contributed by atoms with Crippen LogP contribution in [0.3, 0.4) is 0 Å². The Morgan fingerprint density at radius 1 is 1.16 bits per heavy atom. The Kier molecular flexibility index (Phi) is 7.19. The largest absolute Gasteiger partial charge is 0.462 e. The van der Waals surface area contributed by atoms with Gasteiger partial charge in [-0.2, -0.15) is 0 Å². The minimum absolute atomic E-state index is 0.122. The van der Waals surface area contributed by atoms with Gasteiger partial charge in [-0.1, -0.05) is 53.7 Å². The van der Waals surface area contributed by atoms with Gasteiger partial charge in [-0.05, 0) is 54.6 Å². The fraction of sp³-hybridized carbons (Fsp3) is 0.125. The Hall–Kier alpha value is -2.74. The van der Waals surface area contributed by atoms with E-state index in [1.807, 2.05) is 30.3 Å². The van der Waals surface area contributed by atoms with Gasteiger partial charge in [0.05, 0.1) is 12.2 Å². The van der Waals surface area contributed by atoms with Crippen molar-refractivity contribution in [2.45, 2.75) is 12.7 Å². The van der Waals surface area contributed by atoms with E-state index in [2.05, 4.69) is 4.99 Å². The predicted molar refractivity (Wildman–Crippen MR) is 131 cm³/mol. The highest BCUT2D eigenvalue weighted by Gasteiger charge is 2.23. The number of carbonyl (C=O) groups excluding carboxylic acids is 2. The third-order valence-corrected chi connectivity index (χ3v) is 6.92. The minimum atomic E-state index is -0.359. The fourth-order valence-corrected chi connectivity index (χ4v) is 5.04. The van der Waals surface area contributed by atoms with E-state index in [1.165, 1.54) is 11.8 Å². The number of hydrogen-bond acceptors (Lipinski definition) is 7. The van der Waals surface area contributed by atoms with Crippen molar-refractivity contribution < 1.29 is 18.7 Å². The van der Waals surface area contributed by atoms with Gasteiger partial charge < -0.3 is 9.15 Å². The first-order chi connectivity index (χ1) is 15.5. The van der Waals surface area contributed by atoms with Crippen LogP contribution in [0.15, 0.2) is 75.8 Å². The first kappa shape index (κ1) is 22.5. The second-order valence-electron chi connectivity index (χ2n) is 6.68. The maximum Gasteiger partial charge on any atom is 0.338 e. The fourth-order valence-electron chi connectivity index (χ4n) is 2.91. The number of rotatable bonds is 6. The number of thioether (sulfide) groups is 2. The summed E-state index contributed by atoms with van der Waals surface area (Å²) in [5.41, 5.74) is 2.63. The van der Waals surface area contributed by atoms with Crippen LogP contribution in [0.25, 0.3) is 17.4 Å². The normalized spacial score (nSPS) is 14.6. The first-order valence-electron chi connectivity index (χ1n) is 9.79. The van der Waals surface area contributed by atoms with E-state index in [-0.39, 0.29) is 11.1 Å². The van der Waals surface area contributed by atoms with Gasteiger partial charge in [0.15, 0.2) is 0 Å². The average Bonchev–Trinajstić information content (AvgIpc) is 3.40. The van der Waals surface area contributed by atoms with Crippen LogP contribution < -0.4 is 0 Å². The van der Waals surface area contributed by atoms with Crippen molar-refractivity contribution in [1.82, 2.24) is 0 Å². The lowest BCUT2D eigenvalue weighted by Gasteiger charge is -2.02. The van der Waals surface area contributed by atoms with Crippen molar-refractivity contribution >= 4 is 56.7 Å². The van der Waals surface area contributed by atoms with Crippen LogP contribution in [0.1, 0.15) is 28.6 Å². The van der Waals surface area contributed by atoms with Crippen molar-refractivity contribution in [3.8, 4) is 11.3 Å². The number of carbonyl (C=O) groups is 2. The molecule has 1 aromatic heterocycles. The molecule has 0 fully saturated rings. The van der Waals surface area contributed by atoms with Crippen LogP contribution in [-0.2, 0) is 15.3 Å². The van der Waals surface area contributed by atoms with E-state index in [1.54, 1.807) is 43.3 Å². The van der Waals surface area contributed by atoms with Crippen molar-refractivity contribution in [3.05, 3.63) is 88.3 Å². The van der Waals surface area contributed by atoms with Crippen LogP contribution >= 0.6 is 35.1 Å². The molecule has 0 saturated carbocycles. The second kappa shape index (κ2) is 10.3. The molecule has 0 N–H and O–H groups in total. The number of halogens is 1. The highest BCUT2D eigenvalue weighted by Crippen LogP contribution is 2.34.